The lowest BCUT2D eigenvalue weighted by atomic mass is 9.85. The van der Waals surface area contributed by atoms with Crippen LogP contribution < -0.4 is 32.3 Å². The van der Waals surface area contributed by atoms with Gasteiger partial charge in [0.25, 0.3) is 5.91 Å². The second-order valence-corrected chi connectivity index (χ2v) is 13.4. The van der Waals surface area contributed by atoms with Crippen molar-refractivity contribution in [3.63, 3.8) is 0 Å². The number of aliphatic hydroxyl groups is 3. The first-order chi connectivity index (χ1) is 26.2. The van der Waals surface area contributed by atoms with Gasteiger partial charge in [0.1, 0.15) is 29.3 Å². The van der Waals surface area contributed by atoms with E-state index in [1.165, 1.54) is 42.5 Å². The number of aliphatic carboxylic acids is 1. The maximum absolute atomic E-state index is 13.6. The van der Waals surface area contributed by atoms with Crippen LogP contribution in [-0.4, -0.2) is 100 Å². The smallest absolute Gasteiger partial charge is 0.335 e. The SMILES string of the molecule is CN=C(N)NCC(CNCC1(O)C(Oc2ccc3c(=O)c(-c4ccc(O)cc4)c(C(N)=O)oc3c2)OC(C(=O)O)C(O)C1O)C(C)CC=Cc1ccccc1. The van der Waals surface area contributed by atoms with Gasteiger partial charge in [-0.3, -0.25) is 14.6 Å². The summed E-state index contributed by atoms with van der Waals surface area (Å²) < 4.78 is 17.3. The Balaban J connectivity index is 1.40. The number of carboxylic acid groups (broad SMARTS) is 1. The summed E-state index contributed by atoms with van der Waals surface area (Å²) in [5.41, 5.74) is 9.45. The van der Waals surface area contributed by atoms with E-state index in [-0.39, 0.29) is 57.9 Å². The van der Waals surface area contributed by atoms with Crippen molar-refractivity contribution < 1.29 is 49.0 Å². The quantitative estimate of drug-likeness (QED) is 0.0612. The number of hydrogen-bond donors (Lipinski definition) is 9. The van der Waals surface area contributed by atoms with E-state index >= 15 is 0 Å². The molecule has 4 aromatic rings. The third kappa shape index (κ3) is 9.30. The summed E-state index contributed by atoms with van der Waals surface area (Å²) >= 11 is 0. The lowest BCUT2D eigenvalue weighted by molar-refractivity contribution is -0.311. The van der Waals surface area contributed by atoms with Gasteiger partial charge in [-0.2, -0.15) is 0 Å². The Kier molecular flexibility index (Phi) is 12.9. The van der Waals surface area contributed by atoms with Crippen molar-refractivity contribution in [3.8, 4) is 22.6 Å². The normalized spacial score (nSPS) is 22.7. The molecule has 1 aromatic heterocycles. The predicted molar refractivity (Wildman–Crippen MR) is 203 cm³/mol. The van der Waals surface area contributed by atoms with Crippen LogP contribution in [0.1, 0.15) is 29.5 Å². The number of primary amides is 1. The Morgan fingerprint density at radius 1 is 1.05 bits per heavy atom. The average Bonchev–Trinajstić information content (AvgIpc) is 3.16. The van der Waals surface area contributed by atoms with E-state index in [4.69, 9.17) is 25.4 Å². The molecule has 1 aliphatic heterocycles. The molecule has 1 aliphatic rings. The predicted octanol–water partition coefficient (Wildman–Crippen LogP) is 1.39. The van der Waals surface area contributed by atoms with E-state index in [1.807, 2.05) is 43.3 Å². The van der Waals surface area contributed by atoms with Crippen molar-refractivity contribution in [3.05, 3.63) is 100 Å². The van der Waals surface area contributed by atoms with Crippen molar-refractivity contribution in [1.29, 1.82) is 0 Å². The first-order valence-electron chi connectivity index (χ1n) is 17.4. The molecule has 0 radical (unpaired) electrons. The zero-order valence-electron chi connectivity index (χ0n) is 30.2. The number of aliphatic hydroxyl groups excluding tert-OH is 2. The van der Waals surface area contributed by atoms with Crippen molar-refractivity contribution in [2.75, 3.05) is 26.7 Å². The molecule has 0 spiro atoms. The summed E-state index contributed by atoms with van der Waals surface area (Å²) in [5, 5.41) is 59.5. The van der Waals surface area contributed by atoms with Crippen molar-refractivity contribution in [1.82, 2.24) is 10.6 Å². The van der Waals surface area contributed by atoms with Gasteiger partial charge in [-0.05, 0) is 53.6 Å². The maximum atomic E-state index is 13.6. The minimum atomic E-state index is -2.43. The number of nitrogens with zero attached hydrogens (tertiary/aromatic N) is 1. The third-order valence-electron chi connectivity index (χ3n) is 9.58. The van der Waals surface area contributed by atoms with Crippen molar-refractivity contribution >= 4 is 34.9 Å². The van der Waals surface area contributed by atoms with Crippen LogP contribution in [0.3, 0.4) is 0 Å². The molecule has 3 aromatic carbocycles. The summed E-state index contributed by atoms with van der Waals surface area (Å²) in [6.07, 6.45) is -3.25. The molecule has 5 rings (SSSR count). The number of phenols is 1. The summed E-state index contributed by atoms with van der Waals surface area (Å²) in [7, 11) is 1.55. The fourth-order valence-electron chi connectivity index (χ4n) is 6.31. The molecule has 16 nitrogen and oxygen atoms in total. The molecule has 11 N–H and O–H groups in total. The minimum Gasteiger partial charge on any atom is -0.508 e. The average molecular weight is 760 g/mol. The minimum absolute atomic E-state index is 0.0157. The highest BCUT2D eigenvalue weighted by Gasteiger charge is 2.58. The lowest BCUT2D eigenvalue weighted by Crippen LogP contribution is -2.71. The highest BCUT2D eigenvalue weighted by molar-refractivity contribution is 5.99. The Hall–Kier alpha value is -5.78. The number of fused-ring (bicyclic) bond motifs is 1. The third-order valence-corrected chi connectivity index (χ3v) is 9.58. The number of carbonyl (C=O) groups excluding carboxylic acids is 1. The van der Waals surface area contributed by atoms with Crippen LogP contribution in [-0.2, 0) is 9.53 Å². The van der Waals surface area contributed by atoms with E-state index in [0.717, 1.165) is 5.56 Å². The molecule has 1 saturated heterocycles. The van der Waals surface area contributed by atoms with Crippen molar-refractivity contribution in [2.24, 2.45) is 28.3 Å². The van der Waals surface area contributed by atoms with Gasteiger partial charge in [0, 0.05) is 32.7 Å². The Bertz CT molecular complexity index is 2090. The number of benzene rings is 3. The molecule has 1 fully saturated rings. The number of rotatable bonds is 15. The van der Waals surface area contributed by atoms with Crippen LogP contribution in [0.25, 0.3) is 28.2 Å². The fourth-order valence-corrected chi connectivity index (χ4v) is 6.31. The topological polar surface area (TPSA) is 272 Å². The first kappa shape index (κ1) is 40.4. The molecule has 2 heterocycles. The number of aromatic hydroxyl groups is 1. The van der Waals surface area contributed by atoms with E-state index in [1.54, 1.807) is 7.05 Å². The van der Waals surface area contributed by atoms with E-state index in [0.29, 0.717) is 13.0 Å². The summed E-state index contributed by atoms with van der Waals surface area (Å²) in [6, 6.07) is 19.1. The molecular formula is C39H45N5O11. The largest absolute Gasteiger partial charge is 0.508 e. The number of phenolic OH excluding ortho intramolecular Hbond substituents is 1. The number of ether oxygens (including phenoxy) is 2. The van der Waals surface area contributed by atoms with Crippen LogP contribution in [0.2, 0.25) is 0 Å². The van der Waals surface area contributed by atoms with Gasteiger partial charge in [-0.25, -0.2) is 4.79 Å². The molecule has 7 atom stereocenters. The number of amides is 1. The number of allylic oxidation sites excluding steroid dienone is 1. The van der Waals surface area contributed by atoms with Crippen LogP contribution >= 0.6 is 0 Å². The number of carbonyl (C=O) groups is 2. The van der Waals surface area contributed by atoms with Crippen LogP contribution in [0.5, 0.6) is 11.5 Å². The standard InChI is InChI=1S/C39H45N5O11/c1-21(7-6-10-22-8-4-3-5-9-22)24(19-44-38(41)42-2)18-43-20-39(52)34(48)31(47)33(36(50)51)55-37(39)53-26-15-16-27-28(17-26)54-32(35(40)49)29(30(27)46)23-11-13-25(45)14-12-23/h3-6,8-17,21,24,31,33-34,37,43,45,47-48,52H,7,18-20H2,1-2H3,(H2,40,49)(H,50,51)(H3,41,42,44). The number of aliphatic imine (C=N–C) groups is 1. The van der Waals surface area contributed by atoms with Gasteiger partial charge < -0.3 is 61.5 Å². The summed E-state index contributed by atoms with van der Waals surface area (Å²) in [6.45, 7) is 2.25. The van der Waals surface area contributed by atoms with Gasteiger partial charge >= 0.3 is 5.97 Å². The number of hydrogen-bond acceptors (Lipinski definition) is 12. The monoisotopic (exact) mass is 759 g/mol. The zero-order valence-corrected chi connectivity index (χ0v) is 30.2. The highest BCUT2D eigenvalue weighted by Crippen LogP contribution is 2.34. The lowest BCUT2D eigenvalue weighted by Gasteiger charge is -2.47. The van der Waals surface area contributed by atoms with Crippen LogP contribution in [0.4, 0.5) is 0 Å². The highest BCUT2D eigenvalue weighted by atomic mass is 16.7. The van der Waals surface area contributed by atoms with Crippen LogP contribution in [0, 0.1) is 11.8 Å². The molecule has 0 aliphatic carbocycles. The molecule has 0 bridgehead atoms. The second-order valence-electron chi connectivity index (χ2n) is 13.4. The van der Waals surface area contributed by atoms with E-state index in [9.17, 15) is 39.9 Å². The first-order valence-corrected chi connectivity index (χ1v) is 17.4. The number of nitrogens with one attached hydrogen (secondary N) is 2. The number of carboxylic acids is 1. The van der Waals surface area contributed by atoms with Gasteiger partial charge in [-0.1, -0.05) is 61.5 Å². The van der Waals surface area contributed by atoms with Gasteiger partial charge in [0.15, 0.2) is 17.7 Å². The van der Waals surface area contributed by atoms with Crippen LogP contribution in [0.15, 0.2) is 93.1 Å². The molecule has 1 amide bonds. The molecule has 7 unspecified atom stereocenters. The molecule has 55 heavy (non-hydrogen) atoms. The number of guanidine groups is 1. The maximum Gasteiger partial charge on any atom is 0.335 e. The molecule has 292 valence electrons. The fraction of sp³-hybridized carbons (Fsp3) is 0.333. The Morgan fingerprint density at radius 2 is 1.76 bits per heavy atom. The van der Waals surface area contributed by atoms with Gasteiger partial charge in [-0.15, -0.1) is 0 Å². The Morgan fingerprint density at radius 3 is 2.42 bits per heavy atom. The molecular weight excluding hydrogens is 714 g/mol. The second kappa shape index (κ2) is 17.6. The summed E-state index contributed by atoms with van der Waals surface area (Å²) in [5.74, 6) is -3.14. The zero-order chi connectivity index (χ0) is 39.9. The molecule has 16 heteroatoms. The Labute approximate surface area is 315 Å². The molecule has 0 saturated carbocycles. The van der Waals surface area contributed by atoms with Gasteiger partial charge in [0.2, 0.25) is 17.5 Å². The van der Waals surface area contributed by atoms with E-state index < -0.39 is 59.8 Å². The van der Waals surface area contributed by atoms with E-state index in [2.05, 4.69) is 21.7 Å². The van der Waals surface area contributed by atoms with Gasteiger partial charge in [0.05, 0.1) is 10.9 Å². The number of nitrogens with two attached hydrogens (primary N) is 2. The van der Waals surface area contributed by atoms with Crippen molar-refractivity contribution in [2.45, 2.75) is 43.5 Å². The summed E-state index contributed by atoms with van der Waals surface area (Å²) in [4.78, 5) is 42.0.